The molecule has 38 heavy (non-hydrogen) atoms. The Bertz CT molecular complexity index is 1530. The molecule has 190 valence electrons. The fourth-order valence-corrected chi connectivity index (χ4v) is 5.58. The summed E-state index contributed by atoms with van der Waals surface area (Å²) in [6, 6.07) is 24.9. The smallest absolute Gasteiger partial charge is 0.190 e. The van der Waals surface area contributed by atoms with Crippen LogP contribution in [0.1, 0.15) is 65.7 Å². The van der Waals surface area contributed by atoms with Crippen LogP contribution >= 0.6 is 0 Å². The molecule has 0 aromatic heterocycles. The van der Waals surface area contributed by atoms with E-state index in [1.807, 2.05) is 48.6 Å². The first-order valence-electron chi connectivity index (χ1n) is 13.5. The van der Waals surface area contributed by atoms with Crippen LogP contribution in [0.3, 0.4) is 0 Å². The fraction of sp³-hybridized carbons (Fsp3) is 0.229. The van der Waals surface area contributed by atoms with E-state index >= 15 is 0 Å². The minimum absolute atomic E-state index is 0.0950. The maximum Gasteiger partial charge on any atom is 0.190 e. The van der Waals surface area contributed by atoms with Crippen LogP contribution in [0.5, 0.6) is 0 Å². The van der Waals surface area contributed by atoms with Gasteiger partial charge in [0.05, 0.1) is 0 Å². The van der Waals surface area contributed by atoms with Crippen LogP contribution in [0.4, 0.5) is 5.69 Å². The number of aryl methyl sites for hydroxylation is 1. The zero-order valence-corrected chi connectivity index (χ0v) is 22.3. The van der Waals surface area contributed by atoms with Crippen molar-refractivity contribution in [2.75, 3.05) is 11.9 Å². The molecule has 1 N–H and O–H groups in total. The molecule has 3 aromatic carbocycles. The van der Waals surface area contributed by atoms with Crippen molar-refractivity contribution in [2.24, 2.45) is 5.41 Å². The van der Waals surface area contributed by atoms with Gasteiger partial charge in [-0.1, -0.05) is 87.5 Å². The molecule has 0 radical (unpaired) electrons. The highest BCUT2D eigenvalue weighted by Crippen LogP contribution is 2.45. The van der Waals surface area contributed by atoms with Crippen LogP contribution in [-0.4, -0.2) is 12.3 Å². The molecule has 2 heterocycles. The summed E-state index contributed by atoms with van der Waals surface area (Å²) in [5, 5.41) is 3.48. The molecule has 0 fully saturated rings. The third-order valence-electron chi connectivity index (χ3n) is 7.55. The summed E-state index contributed by atoms with van der Waals surface area (Å²) in [4.78, 5) is 13.9. The minimum Gasteiger partial charge on any atom is -0.461 e. The van der Waals surface area contributed by atoms with E-state index in [4.69, 9.17) is 4.74 Å². The number of carbonyl (C=O) groups is 1. The topological polar surface area (TPSA) is 38.3 Å². The number of benzene rings is 3. The van der Waals surface area contributed by atoms with Gasteiger partial charge in [0.25, 0.3) is 0 Å². The number of anilines is 1. The SMILES string of the molecule is CC(C)(C)C1=C/C(=C2\C(=O)c3ccccc3C2c2ccccc2)C=C(C=Cc2ccc3c(c2)CCCN3)O1. The summed E-state index contributed by atoms with van der Waals surface area (Å²) in [5.74, 6) is 1.58. The summed E-state index contributed by atoms with van der Waals surface area (Å²) in [5.41, 5.74) is 8.23. The van der Waals surface area contributed by atoms with Crippen LogP contribution < -0.4 is 5.32 Å². The summed E-state index contributed by atoms with van der Waals surface area (Å²) < 4.78 is 6.41. The third kappa shape index (κ3) is 4.54. The molecule has 3 nitrogen and oxygen atoms in total. The van der Waals surface area contributed by atoms with Gasteiger partial charge in [-0.3, -0.25) is 4.79 Å². The Kier molecular flexibility index (Phi) is 6.15. The van der Waals surface area contributed by atoms with E-state index in [0.717, 1.165) is 64.3 Å². The molecule has 3 aliphatic rings. The average molecular weight is 500 g/mol. The first-order valence-corrected chi connectivity index (χ1v) is 13.5. The van der Waals surface area contributed by atoms with Gasteiger partial charge in [0.1, 0.15) is 11.5 Å². The maximum atomic E-state index is 13.9. The molecule has 0 bridgehead atoms. The monoisotopic (exact) mass is 499 g/mol. The van der Waals surface area contributed by atoms with Gasteiger partial charge in [0.15, 0.2) is 5.78 Å². The van der Waals surface area contributed by atoms with Crippen molar-refractivity contribution in [3.8, 4) is 0 Å². The first-order chi connectivity index (χ1) is 18.4. The Balaban J connectivity index is 1.46. The predicted molar refractivity (Wildman–Crippen MR) is 155 cm³/mol. The van der Waals surface area contributed by atoms with Crippen LogP contribution in [0.25, 0.3) is 6.08 Å². The number of hydrogen-bond donors (Lipinski definition) is 1. The molecule has 6 rings (SSSR count). The van der Waals surface area contributed by atoms with Crippen LogP contribution in [0, 0.1) is 5.41 Å². The molecule has 3 aromatic rings. The second-order valence-corrected chi connectivity index (χ2v) is 11.3. The highest BCUT2D eigenvalue weighted by atomic mass is 16.5. The molecule has 3 heteroatoms. The van der Waals surface area contributed by atoms with Crippen LogP contribution in [0.2, 0.25) is 0 Å². The van der Waals surface area contributed by atoms with E-state index < -0.39 is 0 Å². The van der Waals surface area contributed by atoms with Gasteiger partial charge in [0, 0.05) is 34.7 Å². The fourth-order valence-electron chi connectivity index (χ4n) is 5.58. The van der Waals surface area contributed by atoms with Crippen molar-refractivity contribution in [2.45, 2.75) is 39.5 Å². The molecule has 0 spiro atoms. The Labute approximate surface area is 225 Å². The van der Waals surface area contributed by atoms with Crippen molar-refractivity contribution < 1.29 is 9.53 Å². The van der Waals surface area contributed by atoms with Crippen molar-refractivity contribution >= 4 is 17.5 Å². The largest absolute Gasteiger partial charge is 0.461 e. The lowest BCUT2D eigenvalue weighted by Gasteiger charge is -2.27. The molecule has 1 unspecified atom stereocenters. The lowest BCUT2D eigenvalue weighted by molar-refractivity contribution is 0.103. The number of fused-ring (bicyclic) bond motifs is 2. The summed E-state index contributed by atoms with van der Waals surface area (Å²) >= 11 is 0. The predicted octanol–water partition coefficient (Wildman–Crippen LogP) is 8.23. The normalized spacial score (nSPS) is 20.8. The number of allylic oxidation sites excluding steroid dienone is 6. The second-order valence-electron chi connectivity index (χ2n) is 11.3. The van der Waals surface area contributed by atoms with E-state index in [2.05, 4.69) is 74.6 Å². The van der Waals surface area contributed by atoms with Crippen molar-refractivity contribution in [1.29, 1.82) is 0 Å². The molecule has 1 aliphatic carbocycles. The quantitative estimate of drug-likeness (QED) is 0.369. The number of carbonyl (C=O) groups excluding carboxylic acids is 1. The Morgan fingerprint density at radius 1 is 0.921 bits per heavy atom. The number of ether oxygens (including phenoxy) is 1. The van der Waals surface area contributed by atoms with E-state index in [1.165, 1.54) is 11.3 Å². The van der Waals surface area contributed by atoms with Crippen LogP contribution in [-0.2, 0) is 11.2 Å². The highest BCUT2D eigenvalue weighted by Gasteiger charge is 2.38. The zero-order valence-electron chi connectivity index (χ0n) is 22.3. The number of ketones is 1. The van der Waals surface area contributed by atoms with E-state index in [1.54, 1.807) is 0 Å². The van der Waals surface area contributed by atoms with Gasteiger partial charge in [-0.05, 0) is 71.0 Å². The number of rotatable bonds is 3. The minimum atomic E-state index is -0.215. The van der Waals surface area contributed by atoms with Crippen molar-refractivity contribution in [3.05, 3.63) is 142 Å². The maximum absolute atomic E-state index is 13.9. The summed E-state index contributed by atoms with van der Waals surface area (Å²) in [7, 11) is 0. The van der Waals surface area contributed by atoms with Gasteiger partial charge in [0.2, 0.25) is 0 Å². The zero-order chi connectivity index (χ0) is 26.3. The van der Waals surface area contributed by atoms with Gasteiger partial charge in [-0.15, -0.1) is 0 Å². The van der Waals surface area contributed by atoms with Gasteiger partial charge < -0.3 is 10.1 Å². The number of Topliss-reactive ketones (excluding diaryl/α,β-unsaturated/α-hetero) is 1. The highest BCUT2D eigenvalue weighted by molar-refractivity contribution is 6.16. The van der Waals surface area contributed by atoms with Gasteiger partial charge in [-0.2, -0.15) is 0 Å². The van der Waals surface area contributed by atoms with Crippen LogP contribution in [0.15, 0.2) is 114 Å². The lowest BCUT2D eigenvalue weighted by atomic mass is 9.84. The van der Waals surface area contributed by atoms with E-state index in [0.29, 0.717) is 0 Å². The summed E-state index contributed by atoms with van der Waals surface area (Å²) in [6.45, 7) is 7.47. The average Bonchev–Trinajstić information content (AvgIpc) is 3.24. The van der Waals surface area contributed by atoms with E-state index in [-0.39, 0.29) is 17.1 Å². The van der Waals surface area contributed by atoms with Gasteiger partial charge >= 0.3 is 0 Å². The Morgan fingerprint density at radius 2 is 1.71 bits per heavy atom. The van der Waals surface area contributed by atoms with Crippen molar-refractivity contribution in [1.82, 2.24) is 0 Å². The molecule has 0 saturated heterocycles. The molecular formula is C35H33NO2. The Hall–Kier alpha value is -4.11. The first kappa shape index (κ1) is 24.2. The summed E-state index contributed by atoms with van der Waals surface area (Å²) in [6.07, 6.45) is 10.5. The van der Waals surface area contributed by atoms with E-state index in [9.17, 15) is 4.79 Å². The molecule has 1 atom stereocenters. The van der Waals surface area contributed by atoms with Crippen molar-refractivity contribution in [3.63, 3.8) is 0 Å². The molecular weight excluding hydrogens is 466 g/mol. The second kappa shape index (κ2) is 9.64. The standard InChI is InChI=1S/C35H33NO2/c1-35(2,3)31-22-26(21-27(38-31)17-15-23-16-18-30-25(20-23)12-9-19-36-30)33-32(24-10-5-4-6-11-24)28-13-7-8-14-29(28)34(33)37/h4-8,10-11,13-18,20-22,32,36H,9,12,19H2,1-3H3/b17-15?,33-26-. The molecule has 2 aliphatic heterocycles. The molecule has 0 amide bonds. The molecule has 0 saturated carbocycles. The van der Waals surface area contributed by atoms with Gasteiger partial charge in [-0.25, -0.2) is 0 Å². The number of hydrogen-bond acceptors (Lipinski definition) is 3. The number of nitrogens with one attached hydrogen (secondary N) is 1. The third-order valence-corrected chi connectivity index (χ3v) is 7.55. The Morgan fingerprint density at radius 3 is 2.53 bits per heavy atom. The lowest BCUT2D eigenvalue weighted by Crippen LogP contribution is -2.16.